The van der Waals surface area contributed by atoms with E-state index in [0.29, 0.717) is 6.61 Å². The van der Waals surface area contributed by atoms with Crippen molar-refractivity contribution in [3.05, 3.63) is 35.9 Å². The maximum Gasteiger partial charge on any atom is 0.335 e. The minimum Gasteiger partial charge on any atom is -0.467 e. The fourth-order valence-electron chi connectivity index (χ4n) is 1.96. The van der Waals surface area contributed by atoms with Crippen molar-refractivity contribution in [1.82, 2.24) is 0 Å². The normalized spacial score (nSPS) is 26.4. The third kappa shape index (κ3) is 3.48. The van der Waals surface area contributed by atoms with E-state index in [0.717, 1.165) is 17.3 Å². The lowest BCUT2D eigenvalue weighted by atomic mass is 10.2. The molecule has 0 bridgehead atoms. The summed E-state index contributed by atoms with van der Waals surface area (Å²) < 4.78 is 10.2. The quantitative estimate of drug-likeness (QED) is 0.659. The fraction of sp³-hybridized carbons (Fsp3) is 0.462. The van der Waals surface area contributed by atoms with Gasteiger partial charge in [-0.25, -0.2) is 15.7 Å². The van der Waals surface area contributed by atoms with Crippen LogP contribution in [0.2, 0.25) is 0 Å². The zero-order chi connectivity index (χ0) is 12.1. The number of hydrogen-bond acceptors (Lipinski definition) is 3. The third-order valence-electron chi connectivity index (χ3n) is 2.86. The van der Waals surface area contributed by atoms with Crippen LogP contribution in [0.4, 0.5) is 0 Å². The second-order valence-corrected chi connectivity index (χ2v) is 6.57. The minimum absolute atomic E-state index is 0.151. The molecule has 2 rings (SSSR count). The summed E-state index contributed by atoms with van der Waals surface area (Å²) in [7, 11) is 1.27. The van der Waals surface area contributed by atoms with Crippen molar-refractivity contribution in [2.45, 2.75) is 11.9 Å². The summed E-state index contributed by atoms with van der Waals surface area (Å²) in [4.78, 5) is 11.4. The van der Waals surface area contributed by atoms with Crippen LogP contribution >= 0.6 is 10.9 Å². The van der Waals surface area contributed by atoms with Gasteiger partial charge in [-0.2, -0.15) is 0 Å². The smallest absolute Gasteiger partial charge is 0.335 e. The van der Waals surface area contributed by atoms with Gasteiger partial charge in [-0.15, -0.1) is 0 Å². The molecule has 17 heavy (non-hydrogen) atoms. The number of carbonyl (C=O) groups excluding carboxylic acids is 1. The maximum absolute atomic E-state index is 11.4. The Labute approximate surface area is 104 Å². The first-order chi connectivity index (χ1) is 8.29. The van der Waals surface area contributed by atoms with Gasteiger partial charge < -0.3 is 9.47 Å². The van der Waals surface area contributed by atoms with Crippen molar-refractivity contribution >= 4 is 16.9 Å². The second-order valence-electron chi connectivity index (χ2n) is 4.10. The number of ether oxygens (including phenoxy) is 2. The van der Waals surface area contributed by atoms with Gasteiger partial charge in [-0.3, -0.25) is 0 Å². The van der Waals surface area contributed by atoms with E-state index >= 15 is 0 Å². The highest BCUT2D eigenvalue weighted by atomic mass is 32.2. The van der Waals surface area contributed by atoms with Crippen molar-refractivity contribution in [1.29, 1.82) is 0 Å². The minimum atomic E-state index is -0.344. The van der Waals surface area contributed by atoms with Crippen LogP contribution in [-0.2, 0) is 20.0 Å². The van der Waals surface area contributed by atoms with Crippen LogP contribution in [0, 0.1) is 0 Å². The predicted molar refractivity (Wildman–Crippen MR) is 70.6 cm³/mol. The lowest BCUT2D eigenvalue weighted by Crippen LogP contribution is -2.35. The molecule has 1 aromatic rings. The van der Waals surface area contributed by atoms with E-state index in [-0.39, 0.29) is 23.0 Å². The van der Waals surface area contributed by atoms with E-state index < -0.39 is 0 Å². The van der Waals surface area contributed by atoms with Crippen LogP contribution in [0.1, 0.15) is 5.56 Å². The highest BCUT2D eigenvalue weighted by Crippen LogP contribution is 2.34. The van der Waals surface area contributed by atoms with Crippen LogP contribution in [0.5, 0.6) is 0 Å². The number of methoxy groups -OCH3 is 1. The van der Waals surface area contributed by atoms with E-state index in [1.807, 2.05) is 6.07 Å². The fourth-order valence-corrected chi connectivity index (χ4v) is 4.25. The molecule has 2 atom stereocenters. The number of rotatable bonds is 3. The summed E-state index contributed by atoms with van der Waals surface area (Å²) in [6.45, 7) is 0.679. The summed E-state index contributed by atoms with van der Waals surface area (Å²) in [6, 6.07) is 10.4. The highest BCUT2D eigenvalue weighted by Gasteiger charge is 2.26. The molecule has 2 unspecified atom stereocenters. The Hall–Kier alpha value is -1.00. The third-order valence-corrected chi connectivity index (χ3v) is 5.34. The van der Waals surface area contributed by atoms with Crippen molar-refractivity contribution in [2.24, 2.45) is 0 Å². The molecule has 1 saturated heterocycles. The molecule has 3 nitrogen and oxygen atoms in total. The van der Waals surface area contributed by atoms with Gasteiger partial charge in [0.1, 0.15) is 0 Å². The molecule has 0 aliphatic carbocycles. The van der Waals surface area contributed by atoms with Crippen molar-refractivity contribution in [3.63, 3.8) is 0 Å². The van der Waals surface area contributed by atoms with E-state index in [2.05, 4.69) is 24.3 Å². The Kier molecular flexibility index (Phi) is 4.45. The highest BCUT2D eigenvalue weighted by molar-refractivity contribution is 8.16. The number of thiol groups is 1. The van der Waals surface area contributed by atoms with Gasteiger partial charge in [-0.1, -0.05) is 30.3 Å². The Balaban J connectivity index is 1.92. The van der Waals surface area contributed by atoms with Crippen molar-refractivity contribution in [2.75, 3.05) is 25.2 Å². The molecule has 0 N–H and O–H groups in total. The number of hydrogen-bond donors (Lipinski definition) is 1. The number of carbonyl (C=O) groups is 1. The zero-order valence-electron chi connectivity index (χ0n) is 9.96. The largest absolute Gasteiger partial charge is 0.467 e. The molecule has 0 saturated carbocycles. The molecule has 1 aliphatic heterocycles. The topological polar surface area (TPSA) is 35.5 Å². The van der Waals surface area contributed by atoms with E-state index in [1.165, 1.54) is 12.7 Å². The van der Waals surface area contributed by atoms with Crippen LogP contribution in [-0.4, -0.2) is 37.3 Å². The standard InChI is InChI=1S/C13H18O3S/c1-15-13(14)12-10-17(8-7-16-12)9-11-5-3-2-4-6-11/h2-6,12,17H,7-10H2,1H3. The molecule has 0 spiro atoms. The van der Waals surface area contributed by atoms with Gasteiger partial charge in [0.15, 0.2) is 6.10 Å². The van der Waals surface area contributed by atoms with E-state index in [9.17, 15) is 4.79 Å². The summed E-state index contributed by atoms with van der Waals surface area (Å²) >= 11 is 0. The Morgan fingerprint density at radius 2 is 2.24 bits per heavy atom. The number of esters is 1. The first-order valence-electron chi connectivity index (χ1n) is 5.75. The average Bonchev–Trinajstić information content (AvgIpc) is 2.39. The molecule has 0 amide bonds. The maximum atomic E-state index is 11.4. The Morgan fingerprint density at radius 1 is 1.47 bits per heavy atom. The van der Waals surface area contributed by atoms with Crippen molar-refractivity contribution < 1.29 is 14.3 Å². The monoisotopic (exact) mass is 254 g/mol. The first-order valence-corrected chi connectivity index (χ1v) is 7.65. The molecule has 0 radical (unpaired) electrons. The van der Waals surface area contributed by atoms with E-state index in [4.69, 9.17) is 9.47 Å². The lowest BCUT2D eigenvalue weighted by Gasteiger charge is -2.31. The second kappa shape index (κ2) is 6.07. The zero-order valence-corrected chi connectivity index (χ0v) is 10.9. The molecular weight excluding hydrogens is 236 g/mol. The van der Waals surface area contributed by atoms with Gasteiger partial charge in [0, 0.05) is 11.5 Å². The molecule has 1 heterocycles. The summed E-state index contributed by atoms with van der Waals surface area (Å²) in [6.07, 6.45) is -0.344. The molecule has 1 fully saturated rings. The van der Waals surface area contributed by atoms with Crippen LogP contribution in [0.15, 0.2) is 30.3 Å². The summed E-state index contributed by atoms with van der Waals surface area (Å²) in [5.74, 6) is 2.76. The molecular formula is C13H18O3S. The van der Waals surface area contributed by atoms with Gasteiger partial charge >= 0.3 is 5.97 Å². The van der Waals surface area contributed by atoms with Gasteiger partial charge in [0.05, 0.1) is 13.7 Å². The van der Waals surface area contributed by atoms with Crippen LogP contribution in [0.3, 0.4) is 0 Å². The van der Waals surface area contributed by atoms with Crippen molar-refractivity contribution in [3.8, 4) is 0 Å². The van der Waals surface area contributed by atoms with Gasteiger partial charge in [0.2, 0.25) is 0 Å². The molecule has 1 aliphatic rings. The Morgan fingerprint density at radius 3 is 2.94 bits per heavy atom. The van der Waals surface area contributed by atoms with Gasteiger partial charge in [-0.05, 0) is 11.3 Å². The van der Waals surface area contributed by atoms with Crippen LogP contribution < -0.4 is 0 Å². The Bertz CT molecular complexity index is 366. The van der Waals surface area contributed by atoms with Gasteiger partial charge in [0.25, 0.3) is 0 Å². The molecule has 4 heteroatoms. The number of benzene rings is 1. The summed E-state index contributed by atoms with van der Waals surface area (Å²) in [5.41, 5.74) is 1.35. The molecule has 1 aromatic carbocycles. The molecule has 94 valence electrons. The van der Waals surface area contributed by atoms with E-state index in [1.54, 1.807) is 0 Å². The summed E-state index contributed by atoms with van der Waals surface area (Å²) in [5, 5.41) is 0. The average molecular weight is 254 g/mol. The first kappa shape index (κ1) is 12.5. The predicted octanol–water partition coefficient (Wildman–Crippen LogP) is 1.76. The SMILES string of the molecule is COC(=O)C1C[SH](Cc2ccccc2)CCO1. The lowest BCUT2D eigenvalue weighted by molar-refractivity contribution is -0.152. The van der Waals surface area contributed by atoms with Crippen LogP contribution in [0.25, 0.3) is 0 Å². The molecule has 0 aromatic heterocycles.